The molecule has 2 rings (SSSR count). The number of anilines is 1. The van der Waals surface area contributed by atoms with E-state index in [1.54, 1.807) is 0 Å². The number of halogens is 1. The Morgan fingerprint density at radius 1 is 1.62 bits per heavy atom. The van der Waals surface area contributed by atoms with Crippen molar-refractivity contribution in [1.82, 2.24) is 4.98 Å². The average molecular weight is 261 g/mol. The number of aldehydes is 1. The normalized spacial score (nSPS) is 15.9. The second kappa shape index (κ2) is 5.12. The molecule has 4 nitrogen and oxygen atoms in total. The summed E-state index contributed by atoms with van der Waals surface area (Å²) < 4.78 is 0. The zero-order chi connectivity index (χ0) is 11.5. The van der Waals surface area contributed by atoms with Gasteiger partial charge in [0.05, 0.1) is 6.61 Å². The van der Waals surface area contributed by atoms with Gasteiger partial charge < -0.3 is 10.0 Å². The lowest BCUT2D eigenvalue weighted by Gasteiger charge is -2.37. The molecule has 0 saturated heterocycles. The van der Waals surface area contributed by atoms with Crippen LogP contribution >= 0.6 is 22.9 Å². The molecule has 0 bridgehead atoms. The maximum absolute atomic E-state index is 10.7. The fourth-order valence-corrected chi connectivity index (χ4v) is 2.90. The first-order valence-corrected chi connectivity index (χ1v) is 6.44. The molecule has 0 amide bonds. The number of hydrogen-bond acceptors (Lipinski definition) is 5. The number of aliphatic hydroxyl groups excluding tert-OH is 1. The third-order valence-electron chi connectivity index (χ3n) is 2.81. The van der Waals surface area contributed by atoms with E-state index >= 15 is 0 Å². The predicted molar refractivity (Wildman–Crippen MR) is 64.6 cm³/mol. The summed E-state index contributed by atoms with van der Waals surface area (Å²) in [6, 6.07) is 0.439. The molecule has 1 aromatic rings. The Morgan fingerprint density at radius 3 is 2.81 bits per heavy atom. The molecule has 0 spiro atoms. The number of carbonyl (C=O) groups is 1. The van der Waals surface area contributed by atoms with Crippen LogP contribution in [0.1, 0.15) is 28.9 Å². The first-order chi connectivity index (χ1) is 7.76. The Bertz CT molecular complexity index is 379. The van der Waals surface area contributed by atoms with Crippen LogP contribution in [0.25, 0.3) is 0 Å². The lowest BCUT2D eigenvalue weighted by molar-refractivity contribution is 0.112. The van der Waals surface area contributed by atoms with Crippen LogP contribution in [-0.2, 0) is 0 Å². The van der Waals surface area contributed by atoms with Gasteiger partial charge >= 0.3 is 0 Å². The van der Waals surface area contributed by atoms with Gasteiger partial charge in [0, 0.05) is 12.6 Å². The molecule has 0 atom stereocenters. The van der Waals surface area contributed by atoms with Crippen LogP contribution in [-0.4, -0.2) is 35.6 Å². The second-order valence-corrected chi connectivity index (χ2v) is 5.14. The molecule has 1 aliphatic rings. The van der Waals surface area contributed by atoms with Crippen molar-refractivity contribution in [2.24, 2.45) is 0 Å². The van der Waals surface area contributed by atoms with Gasteiger partial charge in [-0.05, 0) is 19.3 Å². The molecule has 88 valence electrons. The van der Waals surface area contributed by atoms with E-state index in [9.17, 15) is 4.79 Å². The highest BCUT2D eigenvalue weighted by molar-refractivity contribution is 7.17. The highest BCUT2D eigenvalue weighted by Crippen LogP contribution is 2.34. The minimum absolute atomic E-state index is 0.0874. The van der Waals surface area contributed by atoms with E-state index < -0.39 is 0 Å². The average Bonchev–Trinajstić information content (AvgIpc) is 2.56. The van der Waals surface area contributed by atoms with Gasteiger partial charge in [-0.3, -0.25) is 4.79 Å². The van der Waals surface area contributed by atoms with E-state index in [2.05, 4.69) is 4.98 Å². The molecule has 1 saturated carbocycles. The van der Waals surface area contributed by atoms with E-state index in [1.165, 1.54) is 17.8 Å². The SMILES string of the molecule is O=Cc1sc(N(CCO)C2CCC2)nc1Cl. The van der Waals surface area contributed by atoms with Gasteiger partial charge in [-0.1, -0.05) is 22.9 Å². The summed E-state index contributed by atoms with van der Waals surface area (Å²) in [5.41, 5.74) is 0. The first kappa shape index (κ1) is 11.8. The maximum atomic E-state index is 10.7. The molecular formula is C10H13ClN2O2S. The summed E-state index contributed by atoms with van der Waals surface area (Å²) in [6.07, 6.45) is 4.18. The van der Waals surface area contributed by atoms with Crippen LogP contribution in [0.5, 0.6) is 0 Å². The number of nitrogens with zero attached hydrogens (tertiary/aromatic N) is 2. The predicted octanol–water partition coefficient (Wildman–Crippen LogP) is 1.96. The van der Waals surface area contributed by atoms with Crippen molar-refractivity contribution in [2.45, 2.75) is 25.3 Å². The van der Waals surface area contributed by atoms with Crippen LogP contribution in [0.2, 0.25) is 5.15 Å². The highest BCUT2D eigenvalue weighted by atomic mass is 35.5. The Hall–Kier alpha value is -0.650. The summed E-state index contributed by atoms with van der Waals surface area (Å²) in [6.45, 7) is 0.636. The third kappa shape index (κ3) is 2.21. The Balaban J connectivity index is 2.19. The molecule has 1 N–H and O–H groups in total. The fourth-order valence-electron chi connectivity index (χ4n) is 1.74. The largest absolute Gasteiger partial charge is 0.395 e. The van der Waals surface area contributed by atoms with Crippen molar-refractivity contribution in [2.75, 3.05) is 18.1 Å². The lowest BCUT2D eigenvalue weighted by Crippen LogP contribution is -2.41. The standard InChI is InChI=1S/C10H13ClN2O2S/c11-9-8(6-15)16-10(12-9)13(4-5-14)7-2-1-3-7/h6-7,14H,1-5H2. The molecule has 1 fully saturated rings. The maximum Gasteiger partial charge on any atom is 0.187 e. The Morgan fingerprint density at radius 2 is 2.38 bits per heavy atom. The summed E-state index contributed by atoms with van der Waals surface area (Å²) >= 11 is 7.12. The lowest BCUT2D eigenvalue weighted by atomic mass is 9.92. The second-order valence-electron chi connectivity index (χ2n) is 3.77. The van der Waals surface area contributed by atoms with E-state index in [4.69, 9.17) is 16.7 Å². The van der Waals surface area contributed by atoms with Crippen LogP contribution in [0.4, 0.5) is 5.13 Å². The van der Waals surface area contributed by atoms with Crippen molar-refractivity contribution < 1.29 is 9.90 Å². The zero-order valence-corrected chi connectivity index (χ0v) is 10.3. The van der Waals surface area contributed by atoms with Crippen LogP contribution < -0.4 is 4.90 Å². The monoisotopic (exact) mass is 260 g/mol. The van der Waals surface area contributed by atoms with Gasteiger partial charge in [-0.2, -0.15) is 0 Å². The van der Waals surface area contributed by atoms with Gasteiger partial charge in [0.25, 0.3) is 0 Å². The van der Waals surface area contributed by atoms with Crippen LogP contribution in [0, 0.1) is 0 Å². The van der Waals surface area contributed by atoms with Crippen molar-refractivity contribution in [3.8, 4) is 0 Å². The zero-order valence-electron chi connectivity index (χ0n) is 8.73. The molecule has 0 aliphatic heterocycles. The van der Waals surface area contributed by atoms with Crippen LogP contribution in [0.15, 0.2) is 0 Å². The minimum Gasteiger partial charge on any atom is -0.395 e. The van der Waals surface area contributed by atoms with Crippen molar-refractivity contribution in [3.05, 3.63) is 10.0 Å². The summed E-state index contributed by atoms with van der Waals surface area (Å²) in [7, 11) is 0. The van der Waals surface area contributed by atoms with Crippen molar-refractivity contribution in [3.63, 3.8) is 0 Å². The quantitative estimate of drug-likeness (QED) is 0.823. The summed E-state index contributed by atoms with van der Waals surface area (Å²) in [5.74, 6) is 0. The molecule has 0 unspecified atom stereocenters. The molecule has 0 radical (unpaired) electrons. The Kier molecular flexibility index (Phi) is 3.78. The number of carbonyl (C=O) groups excluding carboxylic acids is 1. The molecule has 0 aromatic carbocycles. The number of hydrogen-bond donors (Lipinski definition) is 1. The van der Waals surface area contributed by atoms with Gasteiger partial charge in [0.1, 0.15) is 4.88 Å². The third-order valence-corrected chi connectivity index (χ3v) is 4.23. The summed E-state index contributed by atoms with van der Waals surface area (Å²) in [4.78, 5) is 17.4. The number of thiazole rings is 1. The van der Waals surface area contributed by atoms with E-state index in [-0.39, 0.29) is 11.8 Å². The Labute approximate surface area is 103 Å². The van der Waals surface area contributed by atoms with Gasteiger partial charge in [-0.15, -0.1) is 0 Å². The smallest absolute Gasteiger partial charge is 0.187 e. The number of rotatable bonds is 5. The van der Waals surface area contributed by atoms with Crippen molar-refractivity contribution >= 4 is 34.4 Å². The minimum atomic E-state index is 0.0874. The number of aromatic nitrogens is 1. The number of aliphatic hydroxyl groups is 1. The van der Waals surface area contributed by atoms with Gasteiger partial charge in [0.15, 0.2) is 16.6 Å². The molecule has 16 heavy (non-hydrogen) atoms. The fraction of sp³-hybridized carbons (Fsp3) is 0.600. The molecular weight excluding hydrogens is 248 g/mol. The summed E-state index contributed by atoms with van der Waals surface area (Å²) in [5, 5.41) is 10.0. The van der Waals surface area contributed by atoms with Crippen molar-refractivity contribution in [1.29, 1.82) is 0 Å². The van der Waals surface area contributed by atoms with Crippen LogP contribution in [0.3, 0.4) is 0 Å². The topological polar surface area (TPSA) is 53.4 Å². The molecule has 1 aliphatic carbocycles. The van der Waals surface area contributed by atoms with E-state index in [1.807, 2.05) is 4.90 Å². The van der Waals surface area contributed by atoms with Gasteiger partial charge in [0.2, 0.25) is 0 Å². The van der Waals surface area contributed by atoms with E-state index in [0.717, 1.165) is 24.3 Å². The molecule has 1 heterocycles. The van der Waals surface area contributed by atoms with Gasteiger partial charge in [-0.25, -0.2) is 4.98 Å². The molecule has 1 aromatic heterocycles. The first-order valence-electron chi connectivity index (χ1n) is 5.25. The highest BCUT2D eigenvalue weighted by Gasteiger charge is 2.27. The molecule has 6 heteroatoms. The van der Waals surface area contributed by atoms with E-state index in [0.29, 0.717) is 17.5 Å².